The number of likely N-dealkylation sites (N-methyl/N-ethyl adjacent to an activating group) is 1. The normalized spacial score (nSPS) is 17.8. The predicted molar refractivity (Wildman–Crippen MR) is 78.2 cm³/mol. The lowest BCUT2D eigenvalue weighted by Crippen LogP contribution is -2.54. The predicted octanol–water partition coefficient (Wildman–Crippen LogP) is 1.95. The van der Waals surface area contributed by atoms with E-state index in [0.717, 1.165) is 38.4 Å². The molecular weight excluding hydrogens is 241 g/mol. The Bertz CT molecular complexity index is 412. The Morgan fingerprint density at radius 2 is 1.79 bits per heavy atom. The van der Waals surface area contributed by atoms with Crippen molar-refractivity contribution in [3.05, 3.63) is 30.1 Å². The monoisotopic (exact) mass is 265 g/mol. The SMILES string of the molecule is CNC(C)(C)CN1CCN(c2ccccc2F)CC1. The third-order valence-corrected chi connectivity index (χ3v) is 3.86. The molecule has 0 aliphatic carbocycles. The van der Waals surface area contributed by atoms with Gasteiger partial charge in [-0.15, -0.1) is 0 Å². The van der Waals surface area contributed by atoms with E-state index in [2.05, 4.69) is 29.0 Å². The highest BCUT2D eigenvalue weighted by Gasteiger charge is 2.24. The summed E-state index contributed by atoms with van der Waals surface area (Å²) in [4.78, 5) is 4.58. The Labute approximate surface area is 115 Å². The highest BCUT2D eigenvalue weighted by atomic mass is 19.1. The maximum atomic E-state index is 13.7. The third kappa shape index (κ3) is 3.67. The molecule has 1 saturated heterocycles. The summed E-state index contributed by atoms with van der Waals surface area (Å²) >= 11 is 0. The number of anilines is 1. The standard InChI is InChI=1S/C15H24FN3/c1-15(2,17-3)12-18-8-10-19(11-9-18)14-7-5-4-6-13(14)16/h4-7,17H,8-12H2,1-3H3. The van der Waals surface area contributed by atoms with E-state index in [-0.39, 0.29) is 11.4 Å². The zero-order chi connectivity index (χ0) is 13.9. The van der Waals surface area contributed by atoms with Crippen molar-refractivity contribution in [2.24, 2.45) is 0 Å². The number of nitrogens with one attached hydrogen (secondary N) is 1. The van der Waals surface area contributed by atoms with Crippen LogP contribution in [0.2, 0.25) is 0 Å². The molecular formula is C15H24FN3. The molecule has 1 aliphatic rings. The molecule has 0 spiro atoms. The van der Waals surface area contributed by atoms with Crippen molar-refractivity contribution in [2.75, 3.05) is 44.7 Å². The molecule has 1 aliphatic heterocycles. The first-order valence-electron chi connectivity index (χ1n) is 6.92. The van der Waals surface area contributed by atoms with Gasteiger partial charge in [0.15, 0.2) is 0 Å². The number of halogens is 1. The minimum atomic E-state index is -0.119. The quantitative estimate of drug-likeness (QED) is 0.897. The molecule has 4 heteroatoms. The first-order valence-corrected chi connectivity index (χ1v) is 6.92. The van der Waals surface area contributed by atoms with Crippen LogP contribution in [-0.4, -0.2) is 50.2 Å². The van der Waals surface area contributed by atoms with Gasteiger partial charge in [-0.05, 0) is 33.0 Å². The number of hydrogen-bond acceptors (Lipinski definition) is 3. The van der Waals surface area contributed by atoms with Gasteiger partial charge in [0.05, 0.1) is 5.69 Å². The van der Waals surface area contributed by atoms with E-state index in [1.807, 2.05) is 19.2 Å². The van der Waals surface area contributed by atoms with Gasteiger partial charge in [-0.25, -0.2) is 4.39 Å². The fourth-order valence-electron chi connectivity index (χ4n) is 2.49. The van der Waals surface area contributed by atoms with Crippen molar-refractivity contribution >= 4 is 5.69 Å². The van der Waals surface area contributed by atoms with E-state index in [9.17, 15) is 4.39 Å². The molecule has 0 atom stereocenters. The summed E-state index contributed by atoms with van der Waals surface area (Å²) in [5.41, 5.74) is 0.857. The van der Waals surface area contributed by atoms with Crippen LogP contribution in [-0.2, 0) is 0 Å². The zero-order valence-corrected chi connectivity index (χ0v) is 12.1. The van der Waals surface area contributed by atoms with E-state index in [0.29, 0.717) is 0 Å². The molecule has 0 saturated carbocycles. The second kappa shape index (κ2) is 5.88. The van der Waals surface area contributed by atoms with Crippen LogP contribution in [0.3, 0.4) is 0 Å². The summed E-state index contributed by atoms with van der Waals surface area (Å²) < 4.78 is 13.7. The van der Waals surface area contributed by atoms with Crippen LogP contribution in [0.4, 0.5) is 10.1 Å². The van der Waals surface area contributed by atoms with Gasteiger partial charge in [-0.2, -0.15) is 0 Å². The Kier molecular flexibility index (Phi) is 4.42. The summed E-state index contributed by atoms with van der Waals surface area (Å²) in [5.74, 6) is -0.119. The lowest BCUT2D eigenvalue weighted by molar-refractivity contribution is 0.197. The second-order valence-electron chi connectivity index (χ2n) is 5.85. The fraction of sp³-hybridized carbons (Fsp3) is 0.600. The fourth-order valence-corrected chi connectivity index (χ4v) is 2.49. The average Bonchev–Trinajstić information content (AvgIpc) is 2.40. The van der Waals surface area contributed by atoms with Crippen LogP contribution in [0.25, 0.3) is 0 Å². The average molecular weight is 265 g/mol. The molecule has 1 N–H and O–H groups in total. The molecule has 3 nitrogen and oxygen atoms in total. The van der Waals surface area contributed by atoms with Gasteiger partial charge in [0.2, 0.25) is 0 Å². The first-order chi connectivity index (χ1) is 9.02. The smallest absolute Gasteiger partial charge is 0.146 e. The van der Waals surface area contributed by atoms with E-state index < -0.39 is 0 Å². The molecule has 0 aromatic heterocycles. The maximum absolute atomic E-state index is 13.7. The molecule has 2 rings (SSSR count). The number of benzene rings is 1. The highest BCUT2D eigenvalue weighted by Crippen LogP contribution is 2.20. The van der Waals surface area contributed by atoms with E-state index in [4.69, 9.17) is 0 Å². The van der Waals surface area contributed by atoms with Gasteiger partial charge < -0.3 is 10.2 Å². The van der Waals surface area contributed by atoms with E-state index in [1.165, 1.54) is 6.07 Å². The Morgan fingerprint density at radius 3 is 2.37 bits per heavy atom. The topological polar surface area (TPSA) is 18.5 Å². The number of hydrogen-bond donors (Lipinski definition) is 1. The summed E-state index contributed by atoms with van der Waals surface area (Å²) in [6.45, 7) is 9.18. The van der Waals surface area contributed by atoms with Crippen molar-refractivity contribution < 1.29 is 4.39 Å². The number of rotatable bonds is 4. The number of para-hydroxylation sites is 1. The minimum absolute atomic E-state index is 0.119. The molecule has 106 valence electrons. The van der Waals surface area contributed by atoms with Gasteiger partial charge >= 0.3 is 0 Å². The van der Waals surface area contributed by atoms with Gasteiger partial charge in [0.25, 0.3) is 0 Å². The van der Waals surface area contributed by atoms with Crippen LogP contribution in [0.5, 0.6) is 0 Å². The molecule has 0 radical (unpaired) electrons. The van der Waals surface area contributed by atoms with Crippen LogP contribution in [0.15, 0.2) is 24.3 Å². The maximum Gasteiger partial charge on any atom is 0.146 e. The van der Waals surface area contributed by atoms with E-state index in [1.54, 1.807) is 6.07 Å². The van der Waals surface area contributed by atoms with Crippen LogP contribution in [0, 0.1) is 5.82 Å². The molecule has 1 fully saturated rings. The lowest BCUT2D eigenvalue weighted by atomic mass is 10.0. The molecule has 19 heavy (non-hydrogen) atoms. The second-order valence-corrected chi connectivity index (χ2v) is 5.85. The van der Waals surface area contributed by atoms with Crippen molar-refractivity contribution in [3.8, 4) is 0 Å². The lowest BCUT2D eigenvalue weighted by Gasteiger charge is -2.39. The van der Waals surface area contributed by atoms with Crippen molar-refractivity contribution in [3.63, 3.8) is 0 Å². The third-order valence-electron chi connectivity index (χ3n) is 3.86. The number of nitrogens with zero attached hydrogens (tertiary/aromatic N) is 2. The summed E-state index contributed by atoms with van der Waals surface area (Å²) in [5, 5.41) is 3.33. The van der Waals surface area contributed by atoms with Gasteiger partial charge in [0.1, 0.15) is 5.82 Å². The highest BCUT2D eigenvalue weighted by molar-refractivity contribution is 5.47. The summed E-state index contributed by atoms with van der Waals surface area (Å²) in [6.07, 6.45) is 0. The Balaban J connectivity index is 1.91. The summed E-state index contributed by atoms with van der Waals surface area (Å²) in [6, 6.07) is 7.04. The Hall–Kier alpha value is -1.13. The van der Waals surface area contributed by atoms with Gasteiger partial charge in [-0.1, -0.05) is 12.1 Å². The van der Waals surface area contributed by atoms with E-state index >= 15 is 0 Å². The van der Waals surface area contributed by atoms with Crippen molar-refractivity contribution in [1.82, 2.24) is 10.2 Å². The van der Waals surface area contributed by atoms with Crippen LogP contribution >= 0.6 is 0 Å². The first kappa shape index (κ1) is 14.3. The molecule has 0 amide bonds. The Morgan fingerprint density at radius 1 is 1.16 bits per heavy atom. The van der Waals surface area contributed by atoms with Crippen molar-refractivity contribution in [2.45, 2.75) is 19.4 Å². The van der Waals surface area contributed by atoms with Crippen molar-refractivity contribution in [1.29, 1.82) is 0 Å². The number of piperazine rings is 1. The molecule has 0 bridgehead atoms. The molecule has 1 aromatic carbocycles. The molecule has 1 heterocycles. The minimum Gasteiger partial charge on any atom is -0.367 e. The summed E-state index contributed by atoms with van der Waals surface area (Å²) in [7, 11) is 2.00. The van der Waals surface area contributed by atoms with Gasteiger partial charge in [0, 0.05) is 38.3 Å². The largest absolute Gasteiger partial charge is 0.367 e. The van der Waals surface area contributed by atoms with Crippen LogP contribution in [0.1, 0.15) is 13.8 Å². The molecule has 1 aromatic rings. The molecule has 0 unspecified atom stereocenters. The zero-order valence-electron chi connectivity index (χ0n) is 12.1. The van der Waals surface area contributed by atoms with Gasteiger partial charge in [-0.3, -0.25) is 4.90 Å². The van der Waals surface area contributed by atoms with Crippen LogP contribution < -0.4 is 10.2 Å².